The van der Waals surface area contributed by atoms with Gasteiger partial charge in [0.05, 0.1) is 0 Å². The third-order valence-electron chi connectivity index (χ3n) is 11.4. The second-order valence-electron chi connectivity index (χ2n) is 13.3. The Balaban J connectivity index is 1.47. The van der Waals surface area contributed by atoms with E-state index in [9.17, 15) is 4.79 Å². The molecular weight excluding hydrogens is 392 g/mol. The molecule has 4 aliphatic carbocycles. The van der Waals surface area contributed by atoms with Gasteiger partial charge in [-0.05, 0) is 103 Å². The minimum absolute atomic E-state index is 0.112. The van der Waals surface area contributed by atoms with E-state index in [2.05, 4.69) is 53.7 Å². The Morgan fingerprint density at radius 3 is 2.31 bits per heavy atom. The molecule has 0 bridgehead atoms. The number of allylic oxidation sites excluding steroid dienone is 2. The average Bonchev–Trinajstić information content (AvgIpc) is 3.08. The van der Waals surface area contributed by atoms with E-state index in [0.29, 0.717) is 16.7 Å². The van der Waals surface area contributed by atoms with Gasteiger partial charge in [0, 0.05) is 6.92 Å². The Morgan fingerprint density at radius 2 is 1.62 bits per heavy atom. The Hall–Kier alpha value is -0.790. The zero-order valence-electron chi connectivity index (χ0n) is 22.0. The van der Waals surface area contributed by atoms with Crippen LogP contribution in [0.3, 0.4) is 0 Å². The van der Waals surface area contributed by atoms with Crippen molar-refractivity contribution in [3.63, 3.8) is 0 Å². The van der Waals surface area contributed by atoms with Crippen molar-refractivity contribution in [2.45, 2.75) is 112 Å². The molecule has 0 spiro atoms. The van der Waals surface area contributed by atoms with Crippen molar-refractivity contribution in [3.8, 4) is 0 Å². The first-order chi connectivity index (χ1) is 15.1. The summed E-state index contributed by atoms with van der Waals surface area (Å²) in [6.07, 6.45) is 17.2. The molecule has 3 fully saturated rings. The van der Waals surface area contributed by atoms with Crippen LogP contribution in [-0.2, 0) is 9.53 Å². The van der Waals surface area contributed by atoms with Crippen LogP contribution in [0.15, 0.2) is 12.2 Å². The van der Waals surface area contributed by atoms with Crippen molar-refractivity contribution < 1.29 is 9.53 Å². The second-order valence-corrected chi connectivity index (χ2v) is 13.3. The van der Waals surface area contributed by atoms with Crippen LogP contribution in [-0.4, -0.2) is 12.1 Å². The van der Waals surface area contributed by atoms with Crippen LogP contribution in [0.1, 0.15) is 106 Å². The lowest BCUT2D eigenvalue weighted by atomic mass is 9.46. The molecule has 10 unspecified atom stereocenters. The molecule has 0 aromatic carbocycles. The van der Waals surface area contributed by atoms with Crippen molar-refractivity contribution >= 4 is 5.97 Å². The van der Waals surface area contributed by atoms with E-state index in [0.717, 1.165) is 54.3 Å². The number of fused-ring (bicyclic) bond motifs is 5. The fraction of sp³-hybridized carbons (Fsp3) is 0.900. The highest BCUT2D eigenvalue weighted by molar-refractivity contribution is 5.66. The standard InChI is InChI=1S/C30H50O2/c1-19(2)20(3)8-9-21(4)26-12-13-27-25-11-10-23-18-24(32-22(5)31)14-16-29(23,6)28(25)15-17-30(26,27)7/h10-11,19-21,23-28H,8-9,12-18H2,1-7H3. The molecule has 32 heavy (non-hydrogen) atoms. The van der Waals surface area contributed by atoms with Crippen LogP contribution in [0.4, 0.5) is 0 Å². The predicted octanol–water partition coefficient (Wildman–Crippen LogP) is 8.06. The monoisotopic (exact) mass is 442 g/mol. The molecular formula is C30H50O2. The summed E-state index contributed by atoms with van der Waals surface area (Å²) in [5, 5.41) is 0. The SMILES string of the molecule is CC(=O)OC1CCC2(C)C(C=CC3C2CCC2(C)C(C(C)CCC(C)C(C)C)CCC32)C1. The van der Waals surface area contributed by atoms with Crippen LogP contribution in [0, 0.1) is 58.2 Å². The molecule has 0 radical (unpaired) electrons. The van der Waals surface area contributed by atoms with Crippen LogP contribution in [0.25, 0.3) is 0 Å². The third-order valence-corrected chi connectivity index (χ3v) is 11.4. The molecule has 0 saturated heterocycles. The van der Waals surface area contributed by atoms with Crippen molar-refractivity contribution in [2.75, 3.05) is 0 Å². The number of rotatable bonds is 6. The summed E-state index contributed by atoms with van der Waals surface area (Å²) in [4.78, 5) is 11.5. The first-order valence-corrected chi connectivity index (χ1v) is 13.9. The maximum Gasteiger partial charge on any atom is 0.302 e. The lowest BCUT2D eigenvalue weighted by Gasteiger charge is -2.59. The van der Waals surface area contributed by atoms with Crippen LogP contribution < -0.4 is 0 Å². The van der Waals surface area contributed by atoms with E-state index >= 15 is 0 Å². The van der Waals surface area contributed by atoms with Gasteiger partial charge in [-0.15, -0.1) is 0 Å². The van der Waals surface area contributed by atoms with Crippen LogP contribution in [0.5, 0.6) is 0 Å². The number of carbonyl (C=O) groups excluding carboxylic acids is 1. The van der Waals surface area contributed by atoms with Gasteiger partial charge in [-0.25, -0.2) is 0 Å². The second kappa shape index (κ2) is 9.10. The van der Waals surface area contributed by atoms with Gasteiger partial charge in [0.2, 0.25) is 0 Å². The third kappa shape index (κ3) is 4.22. The summed E-state index contributed by atoms with van der Waals surface area (Å²) in [6.45, 7) is 16.6. The minimum atomic E-state index is -0.112. The molecule has 0 N–H and O–H groups in total. The molecule has 0 aliphatic heterocycles. The van der Waals surface area contributed by atoms with Gasteiger partial charge in [0.1, 0.15) is 6.10 Å². The van der Waals surface area contributed by atoms with Crippen molar-refractivity contribution in [1.29, 1.82) is 0 Å². The van der Waals surface area contributed by atoms with Gasteiger partial charge in [-0.1, -0.05) is 66.5 Å². The molecule has 2 nitrogen and oxygen atoms in total. The summed E-state index contributed by atoms with van der Waals surface area (Å²) in [5.74, 6) is 6.36. The van der Waals surface area contributed by atoms with E-state index in [-0.39, 0.29) is 12.1 Å². The number of hydrogen-bond donors (Lipinski definition) is 0. The summed E-state index contributed by atoms with van der Waals surface area (Å²) in [7, 11) is 0. The molecule has 0 amide bonds. The maximum atomic E-state index is 11.5. The summed E-state index contributed by atoms with van der Waals surface area (Å²) in [5.41, 5.74) is 0.928. The van der Waals surface area contributed by atoms with Crippen molar-refractivity contribution in [1.82, 2.24) is 0 Å². The van der Waals surface area contributed by atoms with E-state index in [1.54, 1.807) is 6.92 Å². The van der Waals surface area contributed by atoms with Crippen molar-refractivity contribution in [3.05, 3.63) is 12.2 Å². The highest BCUT2D eigenvalue weighted by Crippen LogP contribution is 2.67. The quantitative estimate of drug-likeness (QED) is 0.307. The highest BCUT2D eigenvalue weighted by atomic mass is 16.5. The number of carbonyl (C=O) groups is 1. The molecule has 10 atom stereocenters. The first kappa shape index (κ1) is 24.3. The average molecular weight is 443 g/mol. The molecule has 2 heteroatoms. The Morgan fingerprint density at radius 1 is 0.938 bits per heavy atom. The minimum Gasteiger partial charge on any atom is -0.463 e. The highest BCUT2D eigenvalue weighted by Gasteiger charge is 2.59. The topological polar surface area (TPSA) is 26.3 Å². The first-order valence-electron chi connectivity index (χ1n) is 13.9. The Labute approximate surface area is 198 Å². The van der Waals surface area contributed by atoms with Crippen LogP contribution in [0.2, 0.25) is 0 Å². The van der Waals surface area contributed by atoms with Crippen molar-refractivity contribution in [2.24, 2.45) is 58.2 Å². The molecule has 0 aromatic heterocycles. The molecule has 4 aliphatic rings. The summed E-state index contributed by atoms with van der Waals surface area (Å²) >= 11 is 0. The van der Waals surface area contributed by atoms with Gasteiger partial charge >= 0.3 is 5.97 Å². The van der Waals surface area contributed by atoms with E-state index in [1.807, 2.05) is 0 Å². The molecule has 0 aromatic rings. The zero-order chi connectivity index (χ0) is 23.3. The van der Waals surface area contributed by atoms with Gasteiger partial charge < -0.3 is 4.74 Å². The van der Waals surface area contributed by atoms with E-state index < -0.39 is 0 Å². The number of esters is 1. The fourth-order valence-corrected chi connectivity index (χ4v) is 8.96. The number of hydrogen-bond acceptors (Lipinski definition) is 2. The van der Waals surface area contributed by atoms with Gasteiger partial charge in [-0.2, -0.15) is 0 Å². The maximum absolute atomic E-state index is 11.5. The Kier molecular flexibility index (Phi) is 6.92. The molecule has 3 saturated carbocycles. The van der Waals surface area contributed by atoms with E-state index in [1.165, 1.54) is 44.9 Å². The molecule has 4 rings (SSSR count). The molecule has 0 heterocycles. The Bertz CT molecular complexity index is 710. The largest absolute Gasteiger partial charge is 0.463 e. The molecule has 182 valence electrons. The predicted molar refractivity (Wildman–Crippen MR) is 133 cm³/mol. The number of ether oxygens (including phenoxy) is 1. The lowest BCUT2D eigenvalue weighted by Crippen LogP contribution is -2.52. The zero-order valence-corrected chi connectivity index (χ0v) is 22.0. The van der Waals surface area contributed by atoms with Gasteiger partial charge in [0.15, 0.2) is 0 Å². The van der Waals surface area contributed by atoms with Gasteiger partial charge in [-0.3, -0.25) is 4.79 Å². The normalized spacial score (nSPS) is 45.0. The summed E-state index contributed by atoms with van der Waals surface area (Å²) < 4.78 is 5.63. The lowest BCUT2D eigenvalue weighted by molar-refractivity contribution is -0.153. The van der Waals surface area contributed by atoms with Crippen LogP contribution >= 0.6 is 0 Å². The van der Waals surface area contributed by atoms with Gasteiger partial charge in [0.25, 0.3) is 0 Å². The smallest absolute Gasteiger partial charge is 0.302 e. The summed E-state index contributed by atoms with van der Waals surface area (Å²) in [6, 6.07) is 0. The van der Waals surface area contributed by atoms with E-state index in [4.69, 9.17) is 4.74 Å². The fourth-order valence-electron chi connectivity index (χ4n) is 8.96.